The minimum absolute atomic E-state index is 0.0142. The Labute approximate surface area is 135 Å². The van der Waals surface area contributed by atoms with Gasteiger partial charge in [0, 0.05) is 5.92 Å². The monoisotopic (exact) mass is 348 g/mol. The highest BCUT2D eigenvalue weighted by atomic mass is 32.2. The summed E-state index contributed by atoms with van der Waals surface area (Å²) in [5, 5.41) is 10.3. The van der Waals surface area contributed by atoms with Gasteiger partial charge < -0.3 is 14.6 Å². The number of aliphatic hydroxyl groups excluding tert-OH is 1. The van der Waals surface area contributed by atoms with Crippen LogP contribution >= 0.6 is 0 Å². The topological polar surface area (TPSA) is 82.1 Å². The fraction of sp³-hybridized carbons (Fsp3) is 0.600. The molecule has 0 saturated carbocycles. The van der Waals surface area contributed by atoms with Crippen LogP contribution in [-0.4, -0.2) is 38.6 Å². The van der Waals surface area contributed by atoms with Gasteiger partial charge in [0.15, 0.2) is 17.3 Å². The Hall–Kier alpha value is -1.38. The van der Waals surface area contributed by atoms with Crippen molar-refractivity contribution in [3.8, 4) is 11.5 Å². The highest BCUT2D eigenvalue weighted by Crippen LogP contribution is 2.40. The minimum Gasteiger partial charge on any atom is -0.483 e. The van der Waals surface area contributed by atoms with Crippen LogP contribution in [-0.2, 0) is 14.3 Å². The van der Waals surface area contributed by atoms with E-state index in [4.69, 9.17) is 9.47 Å². The van der Waals surface area contributed by atoms with E-state index in [1.165, 1.54) is 6.07 Å². The first-order valence-corrected chi connectivity index (χ1v) is 8.98. The van der Waals surface area contributed by atoms with Crippen LogP contribution in [0.4, 0.5) is 4.39 Å². The number of benzene rings is 1. The SMILES string of the molecule is C[C@H](COS(C)(=O)=O)[C@H](O)c1cc(F)c2c(c1)OC(C)(C)CO2. The smallest absolute Gasteiger partial charge is 0.264 e. The normalized spacial score (nSPS) is 19.2. The minimum atomic E-state index is -3.60. The molecule has 0 amide bonds. The van der Waals surface area contributed by atoms with Gasteiger partial charge >= 0.3 is 0 Å². The lowest BCUT2D eigenvalue weighted by Crippen LogP contribution is -2.39. The summed E-state index contributed by atoms with van der Waals surface area (Å²) in [6.45, 7) is 5.23. The van der Waals surface area contributed by atoms with E-state index in [1.54, 1.807) is 20.8 Å². The van der Waals surface area contributed by atoms with Gasteiger partial charge in [0.1, 0.15) is 12.2 Å². The number of halogens is 1. The molecule has 0 aliphatic carbocycles. The first-order valence-electron chi connectivity index (χ1n) is 7.16. The number of rotatable bonds is 5. The maximum absolute atomic E-state index is 14.1. The van der Waals surface area contributed by atoms with Crippen LogP contribution in [0, 0.1) is 11.7 Å². The molecule has 2 atom stereocenters. The zero-order chi connectivity index (χ0) is 17.4. The molecule has 1 aromatic rings. The van der Waals surface area contributed by atoms with Crippen LogP contribution in [0.25, 0.3) is 0 Å². The van der Waals surface area contributed by atoms with E-state index in [2.05, 4.69) is 4.18 Å². The van der Waals surface area contributed by atoms with Gasteiger partial charge in [0.2, 0.25) is 0 Å². The molecule has 130 valence electrons. The van der Waals surface area contributed by atoms with E-state index in [-0.39, 0.29) is 30.3 Å². The zero-order valence-corrected chi connectivity index (χ0v) is 14.3. The molecule has 8 heteroatoms. The fourth-order valence-corrected chi connectivity index (χ4v) is 2.66. The molecule has 0 unspecified atom stereocenters. The lowest BCUT2D eigenvalue weighted by Gasteiger charge is -2.33. The molecule has 1 heterocycles. The van der Waals surface area contributed by atoms with Crippen molar-refractivity contribution in [2.24, 2.45) is 5.92 Å². The van der Waals surface area contributed by atoms with Crippen LogP contribution in [0.3, 0.4) is 0 Å². The van der Waals surface area contributed by atoms with Crippen LogP contribution in [0.5, 0.6) is 11.5 Å². The third-order valence-electron chi connectivity index (χ3n) is 3.41. The van der Waals surface area contributed by atoms with Crippen molar-refractivity contribution < 1.29 is 31.6 Å². The quantitative estimate of drug-likeness (QED) is 0.820. The Bertz CT molecular complexity index is 685. The Morgan fingerprint density at radius 3 is 2.70 bits per heavy atom. The molecule has 1 N–H and O–H groups in total. The number of hydrogen-bond donors (Lipinski definition) is 1. The summed E-state index contributed by atoms with van der Waals surface area (Å²) in [5.41, 5.74) is -0.333. The van der Waals surface area contributed by atoms with Crippen LogP contribution in [0.1, 0.15) is 32.4 Å². The van der Waals surface area contributed by atoms with Crippen molar-refractivity contribution >= 4 is 10.1 Å². The van der Waals surface area contributed by atoms with Gasteiger partial charge in [0.25, 0.3) is 10.1 Å². The molecular formula is C15H21FO6S. The molecular weight excluding hydrogens is 327 g/mol. The fourth-order valence-electron chi connectivity index (χ4n) is 2.20. The predicted molar refractivity (Wildman–Crippen MR) is 81.5 cm³/mol. The third kappa shape index (κ3) is 4.55. The van der Waals surface area contributed by atoms with E-state index in [0.29, 0.717) is 0 Å². The van der Waals surface area contributed by atoms with Gasteiger partial charge in [-0.2, -0.15) is 8.42 Å². The van der Waals surface area contributed by atoms with Crippen molar-refractivity contribution in [1.29, 1.82) is 0 Å². The largest absolute Gasteiger partial charge is 0.483 e. The van der Waals surface area contributed by atoms with Crippen LogP contribution in [0.2, 0.25) is 0 Å². The first-order chi connectivity index (χ1) is 10.5. The lowest BCUT2D eigenvalue weighted by molar-refractivity contribution is 0.0174. The standard InChI is InChI=1S/C15H21FO6S/c1-9(7-21-23(4,18)19)13(17)10-5-11(16)14-12(6-10)22-15(2,3)8-20-14/h5-6,9,13,17H,7-8H2,1-4H3/t9-,13+/m1/s1. The molecule has 2 rings (SSSR count). The van der Waals surface area contributed by atoms with E-state index in [1.807, 2.05) is 0 Å². The zero-order valence-electron chi connectivity index (χ0n) is 13.5. The highest BCUT2D eigenvalue weighted by molar-refractivity contribution is 7.85. The molecule has 0 saturated heterocycles. The second kappa shape index (κ2) is 6.26. The number of fused-ring (bicyclic) bond motifs is 1. The van der Waals surface area contributed by atoms with Gasteiger partial charge in [-0.15, -0.1) is 0 Å². The summed E-state index contributed by atoms with van der Waals surface area (Å²) in [4.78, 5) is 0. The summed E-state index contributed by atoms with van der Waals surface area (Å²) in [5.74, 6) is -0.963. The average molecular weight is 348 g/mol. The number of aliphatic hydroxyl groups is 1. The van der Waals surface area contributed by atoms with Gasteiger partial charge in [-0.25, -0.2) is 4.39 Å². The van der Waals surface area contributed by atoms with Crippen LogP contribution < -0.4 is 9.47 Å². The summed E-state index contributed by atoms with van der Waals surface area (Å²) in [6.07, 6.45) is -0.178. The summed E-state index contributed by atoms with van der Waals surface area (Å²) in [7, 11) is -3.60. The lowest BCUT2D eigenvalue weighted by atomic mass is 9.97. The molecule has 1 aliphatic heterocycles. The molecule has 0 aromatic heterocycles. The second-order valence-corrected chi connectivity index (χ2v) is 8.04. The van der Waals surface area contributed by atoms with Crippen molar-refractivity contribution in [2.75, 3.05) is 19.5 Å². The Balaban J connectivity index is 2.21. The molecule has 23 heavy (non-hydrogen) atoms. The van der Waals surface area contributed by atoms with E-state index >= 15 is 0 Å². The second-order valence-electron chi connectivity index (χ2n) is 6.39. The Morgan fingerprint density at radius 1 is 1.43 bits per heavy atom. The average Bonchev–Trinajstić information content (AvgIpc) is 2.41. The van der Waals surface area contributed by atoms with Gasteiger partial charge in [0.05, 0.1) is 19.0 Å². The van der Waals surface area contributed by atoms with Gasteiger partial charge in [-0.1, -0.05) is 6.92 Å². The van der Waals surface area contributed by atoms with Gasteiger partial charge in [-0.05, 0) is 31.5 Å². The molecule has 0 fully saturated rings. The number of ether oxygens (including phenoxy) is 2. The van der Waals surface area contributed by atoms with E-state index < -0.39 is 33.6 Å². The number of hydrogen-bond acceptors (Lipinski definition) is 6. The summed E-state index contributed by atoms with van der Waals surface area (Å²) in [6, 6.07) is 2.66. The summed E-state index contributed by atoms with van der Waals surface area (Å²) < 4.78 is 51.9. The van der Waals surface area contributed by atoms with Gasteiger partial charge in [-0.3, -0.25) is 4.18 Å². The van der Waals surface area contributed by atoms with Crippen LogP contribution in [0.15, 0.2) is 12.1 Å². The maximum atomic E-state index is 14.1. The maximum Gasteiger partial charge on any atom is 0.264 e. The predicted octanol–water partition coefficient (Wildman–Crippen LogP) is 2.02. The van der Waals surface area contributed by atoms with Crippen molar-refractivity contribution in [3.63, 3.8) is 0 Å². The van der Waals surface area contributed by atoms with E-state index in [0.717, 1.165) is 12.3 Å². The van der Waals surface area contributed by atoms with E-state index in [9.17, 15) is 17.9 Å². The van der Waals surface area contributed by atoms with Crippen molar-refractivity contribution in [3.05, 3.63) is 23.5 Å². The Kier molecular flexibility index (Phi) is 4.89. The molecule has 0 radical (unpaired) electrons. The molecule has 1 aromatic carbocycles. The summed E-state index contributed by atoms with van der Waals surface area (Å²) >= 11 is 0. The molecule has 0 spiro atoms. The molecule has 6 nitrogen and oxygen atoms in total. The van der Waals surface area contributed by atoms with Crippen molar-refractivity contribution in [1.82, 2.24) is 0 Å². The molecule has 0 bridgehead atoms. The highest BCUT2D eigenvalue weighted by Gasteiger charge is 2.31. The Morgan fingerprint density at radius 2 is 2.09 bits per heavy atom. The first kappa shape index (κ1) is 18.0. The third-order valence-corrected chi connectivity index (χ3v) is 3.97. The van der Waals surface area contributed by atoms with Crippen molar-refractivity contribution in [2.45, 2.75) is 32.5 Å². The molecule has 1 aliphatic rings.